The van der Waals surface area contributed by atoms with E-state index in [1.54, 1.807) is 4.90 Å². The van der Waals surface area contributed by atoms with Crippen LogP contribution in [0.3, 0.4) is 0 Å². The molecule has 3 heterocycles. The number of piperazine rings is 1. The molecule has 0 saturated carbocycles. The molecule has 0 radical (unpaired) electrons. The first kappa shape index (κ1) is 28.0. The number of nitrogens with zero attached hydrogens (tertiary/aromatic N) is 5. The van der Waals surface area contributed by atoms with Crippen molar-refractivity contribution in [1.29, 1.82) is 0 Å². The molecule has 208 valence electrons. The summed E-state index contributed by atoms with van der Waals surface area (Å²) in [5.74, 6) is -1.85. The first-order valence-corrected chi connectivity index (χ1v) is 14.0. The third-order valence-electron chi connectivity index (χ3n) is 6.70. The molecule has 0 spiro atoms. The second kappa shape index (κ2) is 10.6. The van der Waals surface area contributed by atoms with E-state index in [0.717, 1.165) is 18.5 Å². The smallest absolute Gasteiger partial charge is 0.378 e. The van der Waals surface area contributed by atoms with E-state index in [1.807, 2.05) is 18.7 Å². The Kier molecular flexibility index (Phi) is 7.84. The van der Waals surface area contributed by atoms with Crippen molar-refractivity contribution in [1.82, 2.24) is 14.9 Å². The molecule has 2 fully saturated rings. The lowest BCUT2D eigenvalue weighted by Gasteiger charge is -2.44. The van der Waals surface area contributed by atoms with Crippen molar-refractivity contribution < 1.29 is 35.5 Å². The van der Waals surface area contributed by atoms with Crippen molar-refractivity contribution >= 4 is 27.4 Å². The highest BCUT2D eigenvalue weighted by Gasteiger charge is 2.41. The lowest BCUT2D eigenvalue weighted by molar-refractivity contribution is -0.141. The summed E-state index contributed by atoms with van der Waals surface area (Å²) in [6, 6.07) is 3.48. The first-order valence-electron chi connectivity index (χ1n) is 12.1. The van der Waals surface area contributed by atoms with E-state index < -0.39 is 43.9 Å². The number of anilines is 2. The molecule has 1 amide bonds. The average molecular weight is 560 g/mol. The monoisotopic (exact) mass is 559 g/mol. The summed E-state index contributed by atoms with van der Waals surface area (Å²) in [6.07, 6.45) is -3.02. The van der Waals surface area contributed by atoms with E-state index in [0.29, 0.717) is 18.8 Å². The van der Waals surface area contributed by atoms with Gasteiger partial charge in [-0.25, -0.2) is 22.8 Å². The standard InChI is InChI=1S/C24H29F4N5O4S/c1-15(2)19-14-32(16-4-5-18(25)20(12-16)38(3,35)36)6-7-33(19)23-29-13-17(21(30-23)24(26,27)28)22(34)31-8-10-37-11-9-31/h4-5,12-13,15,19H,6-11,14H2,1-3H3/t19-/m0/s1. The topological polar surface area (TPSA) is 95.9 Å². The molecule has 38 heavy (non-hydrogen) atoms. The fraction of sp³-hybridized carbons (Fsp3) is 0.542. The second-order valence-corrected chi connectivity index (χ2v) is 11.7. The molecular formula is C24H29F4N5O4S. The zero-order valence-electron chi connectivity index (χ0n) is 21.2. The van der Waals surface area contributed by atoms with Crippen LogP contribution in [0, 0.1) is 11.7 Å². The SMILES string of the molecule is CC(C)[C@@H]1CN(c2ccc(F)c(S(C)(=O)=O)c2)CCN1c1ncc(C(=O)N2CCOCC2)c(C(F)(F)F)n1. The normalized spacial score (nSPS) is 19.3. The van der Waals surface area contributed by atoms with E-state index in [9.17, 15) is 30.8 Å². The number of alkyl halides is 3. The molecule has 2 aliphatic rings. The summed E-state index contributed by atoms with van der Waals surface area (Å²) in [4.78, 5) is 25.3. The van der Waals surface area contributed by atoms with Crippen LogP contribution in [0.4, 0.5) is 29.2 Å². The van der Waals surface area contributed by atoms with Crippen molar-refractivity contribution in [2.45, 2.75) is 31.0 Å². The highest BCUT2D eigenvalue weighted by atomic mass is 32.2. The van der Waals surface area contributed by atoms with Crippen LogP contribution in [-0.2, 0) is 20.8 Å². The summed E-state index contributed by atoms with van der Waals surface area (Å²) in [7, 11) is -3.79. The molecule has 1 atom stereocenters. The fourth-order valence-electron chi connectivity index (χ4n) is 4.66. The molecule has 0 unspecified atom stereocenters. The van der Waals surface area contributed by atoms with Crippen LogP contribution < -0.4 is 9.80 Å². The lowest BCUT2D eigenvalue weighted by Crippen LogP contribution is -2.56. The third kappa shape index (κ3) is 5.85. The minimum absolute atomic E-state index is 0.0554. The van der Waals surface area contributed by atoms with Crippen LogP contribution >= 0.6 is 0 Å². The van der Waals surface area contributed by atoms with Crippen molar-refractivity contribution in [2.24, 2.45) is 5.92 Å². The molecule has 0 bridgehead atoms. The summed E-state index contributed by atoms with van der Waals surface area (Å²) in [5.41, 5.74) is -1.41. The van der Waals surface area contributed by atoms with Crippen LogP contribution in [0.25, 0.3) is 0 Å². The number of carbonyl (C=O) groups is 1. The number of sulfone groups is 1. The first-order chi connectivity index (χ1) is 17.8. The van der Waals surface area contributed by atoms with E-state index in [4.69, 9.17) is 4.74 Å². The highest BCUT2D eigenvalue weighted by Crippen LogP contribution is 2.34. The number of amides is 1. The zero-order valence-corrected chi connectivity index (χ0v) is 22.0. The van der Waals surface area contributed by atoms with Gasteiger partial charge in [0.15, 0.2) is 15.5 Å². The molecule has 4 rings (SSSR count). The Morgan fingerprint density at radius 1 is 1.13 bits per heavy atom. The second-order valence-electron chi connectivity index (χ2n) is 9.67. The van der Waals surface area contributed by atoms with Gasteiger partial charge in [-0.05, 0) is 24.1 Å². The number of carbonyl (C=O) groups excluding carboxylic acids is 1. The molecule has 1 aromatic carbocycles. The molecule has 0 aliphatic carbocycles. The van der Waals surface area contributed by atoms with Crippen LogP contribution in [0.1, 0.15) is 29.9 Å². The lowest BCUT2D eigenvalue weighted by atomic mass is 9.99. The number of aromatic nitrogens is 2. The summed E-state index contributed by atoms with van der Waals surface area (Å²) >= 11 is 0. The maximum Gasteiger partial charge on any atom is 0.434 e. The van der Waals surface area contributed by atoms with Gasteiger partial charge in [0.2, 0.25) is 5.95 Å². The van der Waals surface area contributed by atoms with Crippen LogP contribution in [0.5, 0.6) is 0 Å². The largest absolute Gasteiger partial charge is 0.434 e. The van der Waals surface area contributed by atoms with Gasteiger partial charge in [0.25, 0.3) is 5.91 Å². The van der Waals surface area contributed by atoms with Crippen LogP contribution in [0.15, 0.2) is 29.3 Å². The number of ether oxygens (including phenoxy) is 1. The van der Waals surface area contributed by atoms with E-state index in [-0.39, 0.29) is 50.8 Å². The van der Waals surface area contributed by atoms with E-state index in [2.05, 4.69) is 9.97 Å². The van der Waals surface area contributed by atoms with Gasteiger partial charge in [0, 0.05) is 50.9 Å². The van der Waals surface area contributed by atoms with Gasteiger partial charge in [0.05, 0.1) is 24.8 Å². The van der Waals surface area contributed by atoms with Gasteiger partial charge >= 0.3 is 6.18 Å². The van der Waals surface area contributed by atoms with Crippen molar-refractivity contribution in [3.63, 3.8) is 0 Å². The Labute approximate surface area is 218 Å². The Morgan fingerprint density at radius 2 is 1.82 bits per heavy atom. The maximum atomic E-state index is 14.1. The molecule has 9 nitrogen and oxygen atoms in total. The summed E-state index contributed by atoms with van der Waals surface area (Å²) in [6.45, 7) is 5.48. The number of hydrogen-bond donors (Lipinski definition) is 0. The third-order valence-corrected chi connectivity index (χ3v) is 7.81. The van der Waals surface area contributed by atoms with Gasteiger partial charge in [-0.3, -0.25) is 4.79 Å². The molecule has 2 aliphatic heterocycles. The molecule has 2 aromatic rings. The molecule has 2 saturated heterocycles. The summed E-state index contributed by atoms with van der Waals surface area (Å²) in [5, 5.41) is 0. The number of hydrogen-bond acceptors (Lipinski definition) is 8. The number of halogens is 4. The maximum absolute atomic E-state index is 14.1. The number of morpholine rings is 1. The molecule has 0 N–H and O–H groups in total. The number of rotatable bonds is 5. The van der Waals surface area contributed by atoms with Crippen LogP contribution in [-0.4, -0.2) is 87.4 Å². The molecule has 14 heteroatoms. The predicted octanol–water partition coefficient (Wildman–Crippen LogP) is 2.86. The quantitative estimate of drug-likeness (QED) is 0.517. The Hall–Kier alpha value is -3.00. The van der Waals surface area contributed by atoms with E-state index in [1.165, 1.54) is 17.0 Å². The van der Waals surface area contributed by atoms with Gasteiger partial charge in [-0.2, -0.15) is 13.2 Å². The van der Waals surface area contributed by atoms with Gasteiger partial charge in [0.1, 0.15) is 10.7 Å². The minimum Gasteiger partial charge on any atom is -0.378 e. The zero-order chi connectivity index (χ0) is 27.8. The van der Waals surface area contributed by atoms with Gasteiger partial charge in [-0.1, -0.05) is 13.8 Å². The Balaban J connectivity index is 1.64. The predicted molar refractivity (Wildman–Crippen MR) is 131 cm³/mol. The molecule has 1 aromatic heterocycles. The van der Waals surface area contributed by atoms with Crippen molar-refractivity contribution in [3.8, 4) is 0 Å². The highest BCUT2D eigenvalue weighted by molar-refractivity contribution is 7.90. The van der Waals surface area contributed by atoms with E-state index >= 15 is 0 Å². The Morgan fingerprint density at radius 3 is 2.42 bits per heavy atom. The van der Waals surface area contributed by atoms with Crippen molar-refractivity contribution in [2.75, 3.05) is 62.0 Å². The summed E-state index contributed by atoms with van der Waals surface area (Å²) < 4.78 is 85.4. The average Bonchev–Trinajstić information content (AvgIpc) is 2.87. The van der Waals surface area contributed by atoms with Gasteiger partial charge < -0.3 is 19.4 Å². The molecular weight excluding hydrogens is 530 g/mol. The number of benzene rings is 1. The fourth-order valence-corrected chi connectivity index (χ4v) is 5.41. The van der Waals surface area contributed by atoms with Crippen molar-refractivity contribution in [3.05, 3.63) is 41.5 Å². The van der Waals surface area contributed by atoms with Crippen LogP contribution in [0.2, 0.25) is 0 Å². The van der Waals surface area contributed by atoms with Gasteiger partial charge in [-0.15, -0.1) is 0 Å². The Bertz CT molecular complexity index is 1300. The minimum atomic E-state index is -4.87.